The Bertz CT molecular complexity index is 655. The molecule has 1 fully saturated rings. The second kappa shape index (κ2) is 4.42. The predicted octanol–water partition coefficient (Wildman–Crippen LogP) is 2.75. The number of nitrogens with two attached hydrogens (primary N) is 1. The van der Waals surface area contributed by atoms with Crippen molar-refractivity contribution >= 4 is 0 Å². The van der Waals surface area contributed by atoms with Crippen molar-refractivity contribution in [2.75, 3.05) is 0 Å². The molecule has 0 heterocycles. The van der Waals surface area contributed by atoms with Crippen molar-refractivity contribution in [3.05, 3.63) is 53.6 Å². The Balaban J connectivity index is 1.96. The van der Waals surface area contributed by atoms with Gasteiger partial charge in [-0.2, -0.15) is 5.26 Å². The van der Waals surface area contributed by atoms with Crippen LogP contribution in [-0.2, 0) is 0 Å². The fourth-order valence-electron chi connectivity index (χ4n) is 2.34. The maximum Gasteiger partial charge on any atom is 0.123 e. The van der Waals surface area contributed by atoms with Crippen LogP contribution < -0.4 is 5.73 Å². The largest absolute Gasteiger partial charge is 0.507 e. The van der Waals surface area contributed by atoms with Crippen molar-refractivity contribution in [3.63, 3.8) is 0 Å². The molecule has 1 aliphatic rings. The van der Waals surface area contributed by atoms with Gasteiger partial charge in [0.15, 0.2) is 0 Å². The molecule has 94 valence electrons. The molecule has 1 saturated carbocycles. The van der Waals surface area contributed by atoms with E-state index in [1.165, 1.54) is 5.56 Å². The van der Waals surface area contributed by atoms with E-state index in [4.69, 9.17) is 11.0 Å². The minimum absolute atomic E-state index is 0.190. The van der Waals surface area contributed by atoms with Crippen molar-refractivity contribution in [2.24, 2.45) is 5.73 Å². The van der Waals surface area contributed by atoms with Crippen LogP contribution in [0, 0.1) is 11.3 Å². The van der Waals surface area contributed by atoms with Gasteiger partial charge in [-0.15, -0.1) is 0 Å². The quantitative estimate of drug-likeness (QED) is 0.861. The van der Waals surface area contributed by atoms with E-state index in [0.29, 0.717) is 23.1 Å². The van der Waals surface area contributed by atoms with Gasteiger partial charge in [-0.3, -0.25) is 0 Å². The van der Waals surface area contributed by atoms with Gasteiger partial charge in [-0.25, -0.2) is 0 Å². The molecule has 0 aliphatic heterocycles. The van der Waals surface area contributed by atoms with Gasteiger partial charge >= 0.3 is 0 Å². The number of aromatic hydroxyl groups is 1. The smallest absolute Gasteiger partial charge is 0.123 e. The number of hydrogen-bond donors (Lipinski definition) is 2. The Labute approximate surface area is 111 Å². The average Bonchev–Trinajstić information content (AvgIpc) is 3.17. The molecule has 0 bridgehead atoms. The Kier molecular flexibility index (Phi) is 2.73. The molecule has 3 heteroatoms. The summed E-state index contributed by atoms with van der Waals surface area (Å²) in [6, 6.07) is 15.3. The summed E-state index contributed by atoms with van der Waals surface area (Å²) in [7, 11) is 0. The van der Waals surface area contributed by atoms with Crippen LogP contribution in [0.25, 0.3) is 11.1 Å². The molecular formula is C16H14N2O. The van der Waals surface area contributed by atoms with Gasteiger partial charge in [-0.05, 0) is 35.7 Å². The van der Waals surface area contributed by atoms with Gasteiger partial charge in [0.05, 0.1) is 11.6 Å². The van der Waals surface area contributed by atoms with Gasteiger partial charge in [0, 0.05) is 17.5 Å². The first-order valence-electron chi connectivity index (χ1n) is 6.28. The first-order chi connectivity index (χ1) is 9.19. The van der Waals surface area contributed by atoms with Crippen LogP contribution in [-0.4, -0.2) is 11.1 Å². The summed E-state index contributed by atoms with van der Waals surface area (Å²) in [5.74, 6) is 0.669. The van der Waals surface area contributed by atoms with Crippen molar-refractivity contribution in [1.29, 1.82) is 5.26 Å². The topological polar surface area (TPSA) is 70.0 Å². The Morgan fingerprint density at radius 3 is 2.42 bits per heavy atom. The lowest BCUT2D eigenvalue weighted by atomic mass is 10.00. The average molecular weight is 250 g/mol. The fraction of sp³-hybridized carbons (Fsp3) is 0.188. The van der Waals surface area contributed by atoms with Crippen LogP contribution in [0.3, 0.4) is 0 Å². The first-order valence-corrected chi connectivity index (χ1v) is 6.28. The number of benzene rings is 2. The second-order valence-electron chi connectivity index (χ2n) is 4.97. The number of nitriles is 1. The van der Waals surface area contributed by atoms with Gasteiger partial charge in [0.1, 0.15) is 5.75 Å². The molecule has 3 N–H and O–H groups in total. The van der Waals surface area contributed by atoms with E-state index in [0.717, 1.165) is 12.0 Å². The monoisotopic (exact) mass is 250 g/mol. The lowest BCUT2D eigenvalue weighted by molar-refractivity contribution is 0.477. The fourth-order valence-corrected chi connectivity index (χ4v) is 2.34. The summed E-state index contributed by atoms with van der Waals surface area (Å²) in [5, 5.41) is 18.8. The van der Waals surface area contributed by atoms with Crippen molar-refractivity contribution in [2.45, 2.75) is 18.4 Å². The number of phenolic OH excluding ortho intramolecular Hbond substituents is 1. The van der Waals surface area contributed by atoms with E-state index >= 15 is 0 Å². The van der Waals surface area contributed by atoms with Crippen LogP contribution in [0.15, 0.2) is 42.5 Å². The molecule has 3 nitrogen and oxygen atoms in total. The zero-order valence-corrected chi connectivity index (χ0v) is 10.4. The third kappa shape index (κ3) is 2.18. The maximum absolute atomic E-state index is 9.89. The third-order valence-electron chi connectivity index (χ3n) is 3.62. The SMILES string of the molecule is N#Cc1ccc(O)c(-c2ccc([C@@H]3C[C@H]3N)cc2)c1. The normalized spacial score (nSPS) is 20.8. The molecule has 2 aromatic carbocycles. The van der Waals surface area contributed by atoms with E-state index in [2.05, 4.69) is 6.07 Å². The zero-order chi connectivity index (χ0) is 13.4. The van der Waals surface area contributed by atoms with Crippen LogP contribution >= 0.6 is 0 Å². The molecule has 3 rings (SSSR count). The lowest BCUT2D eigenvalue weighted by Gasteiger charge is -2.06. The Hall–Kier alpha value is -2.31. The van der Waals surface area contributed by atoms with Crippen LogP contribution in [0.2, 0.25) is 0 Å². The molecule has 0 amide bonds. The molecule has 2 aromatic rings. The molecule has 0 saturated heterocycles. The lowest BCUT2D eigenvalue weighted by Crippen LogP contribution is -2.00. The molecule has 0 spiro atoms. The highest BCUT2D eigenvalue weighted by Gasteiger charge is 2.34. The number of rotatable bonds is 2. The van der Waals surface area contributed by atoms with Gasteiger partial charge < -0.3 is 10.8 Å². The minimum atomic E-state index is 0.190. The molecule has 0 unspecified atom stereocenters. The highest BCUT2D eigenvalue weighted by atomic mass is 16.3. The maximum atomic E-state index is 9.89. The molecule has 19 heavy (non-hydrogen) atoms. The van der Waals surface area contributed by atoms with Crippen molar-refractivity contribution in [3.8, 4) is 22.9 Å². The molecular weight excluding hydrogens is 236 g/mol. The van der Waals surface area contributed by atoms with Crippen LogP contribution in [0.5, 0.6) is 5.75 Å². The Morgan fingerprint density at radius 1 is 1.16 bits per heavy atom. The van der Waals surface area contributed by atoms with Crippen molar-refractivity contribution < 1.29 is 5.11 Å². The highest BCUT2D eigenvalue weighted by molar-refractivity contribution is 5.71. The second-order valence-corrected chi connectivity index (χ2v) is 4.97. The third-order valence-corrected chi connectivity index (χ3v) is 3.62. The van der Waals surface area contributed by atoms with Gasteiger partial charge in [0.25, 0.3) is 0 Å². The summed E-state index contributed by atoms with van der Waals surface area (Å²) < 4.78 is 0. The summed E-state index contributed by atoms with van der Waals surface area (Å²) in [5.41, 5.74) is 9.21. The highest BCUT2D eigenvalue weighted by Crippen LogP contribution is 2.40. The molecule has 2 atom stereocenters. The van der Waals surface area contributed by atoms with Crippen LogP contribution in [0.1, 0.15) is 23.5 Å². The number of hydrogen-bond acceptors (Lipinski definition) is 3. The summed E-state index contributed by atoms with van der Waals surface area (Å²) >= 11 is 0. The molecule has 0 radical (unpaired) electrons. The van der Waals surface area contributed by atoms with E-state index in [9.17, 15) is 5.11 Å². The molecule has 0 aromatic heterocycles. The van der Waals surface area contributed by atoms with Gasteiger partial charge in [0.2, 0.25) is 0 Å². The molecule has 1 aliphatic carbocycles. The number of phenols is 1. The van der Waals surface area contributed by atoms with E-state index < -0.39 is 0 Å². The Morgan fingerprint density at radius 2 is 1.84 bits per heavy atom. The van der Waals surface area contributed by atoms with Crippen LogP contribution in [0.4, 0.5) is 0 Å². The summed E-state index contributed by atoms with van der Waals surface area (Å²) in [4.78, 5) is 0. The van der Waals surface area contributed by atoms with E-state index in [-0.39, 0.29) is 5.75 Å². The van der Waals surface area contributed by atoms with Crippen molar-refractivity contribution in [1.82, 2.24) is 0 Å². The minimum Gasteiger partial charge on any atom is -0.507 e. The van der Waals surface area contributed by atoms with E-state index in [1.807, 2.05) is 24.3 Å². The number of nitrogens with zero attached hydrogens (tertiary/aromatic N) is 1. The van der Waals surface area contributed by atoms with E-state index in [1.54, 1.807) is 18.2 Å². The van der Waals surface area contributed by atoms with Gasteiger partial charge in [-0.1, -0.05) is 24.3 Å². The standard InChI is InChI=1S/C16H14N2O/c17-9-10-1-6-16(19)14(7-10)12-4-2-11(3-5-12)13-8-15(13)18/h1-7,13,15,19H,8,18H2/t13-,15+/m0/s1. The zero-order valence-electron chi connectivity index (χ0n) is 10.4. The first kappa shape index (κ1) is 11.8. The summed E-state index contributed by atoms with van der Waals surface area (Å²) in [6.07, 6.45) is 1.05. The summed E-state index contributed by atoms with van der Waals surface area (Å²) in [6.45, 7) is 0. The predicted molar refractivity (Wildman–Crippen MR) is 73.6 cm³/mol.